The van der Waals surface area contributed by atoms with E-state index in [9.17, 15) is 9.59 Å². The highest BCUT2D eigenvalue weighted by molar-refractivity contribution is 6.87. The summed E-state index contributed by atoms with van der Waals surface area (Å²) in [7, 11) is -5.77. The molecule has 0 saturated heterocycles. The third-order valence-electron chi connectivity index (χ3n) is 3.77. The summed E-state index contributed by atoms with van der Waals surface area (Å²) in [4.78, 5) is 23.5. The molecule has 0 aromatic carbocycles. The molecule has 0 saturated carbocycles. The Kier molecular flexibility index (Phi) is 13.3. The molecule has 0 aliphatic heterocycles. The number of hydrogen-bond donors (Lipinski definition) is 0. The predicted octanol–water partition coefficient (Wildman–Crippen LogP) is 5.00. The maximum Gasteiger partial charge on any atom is 0.333 e. The van der Waals surface area contributed by atoms with Crippen LogP contribution in [0.3, 0.4) is 0 Å². The summed E-state index contributed by atoms with van der Waals surface area (Å²) >= 11 is 0. The van der Waals surface area contributed by atoms with Crippen LogP contribution in [0.25, 0.3) is 0 Å². The Hall–Kier alpha value is -0.789. The standard InChI is InChI=1S/C21H44O7Si3/c1-11-13-20(22)25-17-19(26-21(23)18(2)3)16-24-14-12-15-31(10,27-29(4,5)6)28-30(7,8)9/h19H,2,11-17H2,1,3-10H3. The van der Waals surface area contributed by atoms with Gasteiger partial charge in [-0.15, -0.1) is 0 Å². The fourth-order valence-corrected chi connectivity index (χ4v) is 15.5. The van der Waals surface area contributed by atoms with E-state index in [1.807, 2.05) is 6.92 Å². The Morgan fingerprint density at radius 1 is 0.935 bits per heavy atom. The van der Waals surface area contributed by atoms with Crippen molar-refractivity contribution in [1.29, 1.82) is 0 Å². The minimum Gasteiger partial charge on any atom is -0.462 e. The van der Waals surface area contributed by atoms with Crippen LogP contribution in [0.1, 0.15) is 33.1 Å². The van der Waals surface area contributed by atoms with Gasteiger partial charge in [0.05, 0.1) is 6.61 Å². The van der Waals surface area contributed by atoms with Crippen LogP contribution < -0.4 is 0 Å². The number of carbonyl (C=O) groups is 2. The van der Waals surface area contributed by atoms with Crippen LogP contribution >= 0.6 is 0 Å². The van der Waals surface area contributed by atoms with Gasteiger partial charge in [0.25, 0.3) is 0 Å². The molecule has 1 atom stereocenters. The molecule has 31 heavy (non-hydrogen) atoms. The third-order valence-corrected chi connectivity index (χ3v) is 13.4. The lowest BCUT2D eigenvalue weighted by Crippen LogP contribution is -2.52. The summed E-state index contributed by atoms with van der Waals surface area (Å²) in [5, 5.41) is 0. The van der Waals surface area contributed by atoms with Gasteiger partial charge in [-0.25, -0.2) is 4.79 Å². The molecular formula is C21H44O7Si3. The van der Waals surface area contributed by atoms with Gasteiger partial charge >= 0.3 is 20.5 Å². The fraction of sp³-hybridized carbons (Fsp3) is 0.810. The van der Waals surface area contributed by atoms with E-state index in [0.717, 1.165) is 12.5 Å². The first-order chi connectivity index (χ1) is 14.1. The Bertz CT molecular complexity index is 567. The number of carbonyl (C=O) groups excluding carboxylic acids is 2. The molecule has 0 aliphatic rings. The van der Waals surface area contributed by atoms with E-state index in [1.165, 1.54) is 0 Å². The molecule has 0 aliphatic carbocycles. The van der Waals surface area contributed by atoms with Crippen molar-refractivity contribution in [1.82, 2.24) is 0 Å². The number of ether oxygens (including phenoxy) is 3. The van der Waals surface area contributed by atoms with Crippen molar-refractivity contribution in [2.24, 2.45) is 0 Å². The first kappa shape index (κ1) is 30.2. The van der Waals surface area contributed by atoms with E-state index in [1.54, 1.807) is 6.92 Å². The third kappa shape index (κ3) is 16.5. The van der Waals surface area contributed by atoms with Gasteiger partial charge < -0.3 is 22.4 Å². The number of esters is 2. The fourth-order valence-electron chi connectivity index (χ4n) is 2.96. The number of hydrogen-bond acceptors (Lipinski definition) is 7. The van der Waals surface area contributed by atoms with E-state index in [0.29, 0.717) is 25.0 Å². The van der Waals surface area contributed by atoms with Crippen LogP contribution in [-0.2, 0) is 32.0 Å². The number of rotatable bonds is 16. The summed E-state index contributed by atoms with van der Waals surface area (Å²) in [5.41, 5.74) is 0.290. The van der Waals surface area contributed by atoms with Crippen molar-refractivity contribution in [3.05, 3.63) is 12.2 Å². The van der Waals surface area contributed by atoms with Gasteiger partial charge in [0.1, 0.15) is 6.61 Å². The van der Waals surface area contributed by atoms with E-state index in [-0.39, 0.29) is 19.2 Å². The first-order valence-electron chi connectivity index (χ1n) is 11.1. The van der Waals surface area contributed by atoms with Crippen LogP contribution in [0.5, 0.6) is 0 Å². The molecule has 7 nitrogen and oxygen atoms in total. The monoisotopic (exact) mass is 492 g/mol. The lowest BCUT2D eigenvalue weighted by atomic mass is 10.3. The van der Waals surface area contributed by atoms with Gasteiger partial charge in [0, 0.05) is 18.6 Å². The topological polar surface area (TPSA) is 80.3 Å². The second-order valence-corrected chi connectivity index (χ2v) is 22.8. The molecule has 182 valence electrons. The van der Waals surface area contributed by atoms with Crippen molar-refractivity contribution < 1.29 is 32.0 Å². The molecule has 0 aromatic rings. The Morgan fingerprint density at radius 2 is 1.48 bits per heavy atom. The van der Waals surface area contributed by atoms with Gasteiger partial charge in [-0.05, 0) is 71.6 Å². The second-order valence-electron chi connectivity index (χ2n) is 9.98. The molecule has 0 heterocycles. The van der Waals surface area contributed by atoms with Gasteiger partial charge in [-0.2, -0.15) is 0 Å². The van der Waals surface area contributed by atoms with Gasteiger partial charge in [-0.3, -0.25) is 4.79 Å². The molecule has 0 rings (SSSR count). The maximum absolute atomic E-state index is 11.9. The van der Waals surface area contributed by atoms with E-state index in [4.69, 9.17) is 22.4 Å². The molecule has 10 heteroatoms. The summed E-state index contributed by atoms with van der Waals surface area (Å²) in [6.07, 6.45) is 1.16. The zero-order valence-electron chi connectivity index (χ0n) is 21.1. The van der Waals surface area contributed by atoms with Gasteiger partial charge in [0.15, 0.2) is 22.7 Å². The average Bonchev–Trinajstić information content (AvgIpc) is 2.55. The molecule has 1 unspecified atom stereocenters. The van der Waals surface area contributed by atoms with E-state index in [2.05, 4.69) is 52.4 Å². The van der Waals surface area contributed by atoms with Crippen LogP contribution in [-0.4, -0.2) is 63.1 Å². The Morgan fingerprint density at radius 3 is 1.94 bits per heavy atom. The molecule has 0 spiro atoms. The van der Waals surface area contributed by atoms with Crippen LogP contribution in [0.2, 0.25) is 51.9 Å². The van der Waals surface area contributed by atoms with E-state index < -0.39 is 37.3 Å². The van der Waals surface area contributed by atoms with Gasteiger partial charge in [-0.1, -0.05) is 13.5 Å². The highest BCUT2D eigenvalue weighted by Crippen LogP contribution is 2.25. The van der Waals surface area contributed by atoms with Crippen molar-refractivity contribution in [3.63, 3.8) is 0 Å². The van der Waals surface area contributed by atoms with Crippen LogP contribution in [0.4, 0.5) is 0 Å². The minimum absolute atomic E-state index is 0.0260. The molecule has 0 N–H and O–H groups in total. The molecular weight excluding hydrogens is 448 g/mol. The predicted molar refractivity (Wildman–Crippen MR) is 131 cm³/mol. The summed E-state index contributed by atoms with van der Waals surface area (Å²) in [5.74, 6) is -0.833. The van der Waals surface area contributed by atoms with Crippen molar-refractivity contribution in [3.8, 4) is 0 Å². The lowest BCUT2D eigenvalue weighted by molar-refractivity contribution is -0.159. The van der Waals surface area contributed by atoms with Crippen molar-refractivity contribution >= 4 is 37.1 Å². The largest absolute Gasteiger partial charge is 0.462 e. The molecule has 0 bridgehead atoms. The Labute approximate surface area is 192 Å². The summed E-state index contributed by atoms with van der Waals surface area (Å²) < 4.78 is 29.3. The quantitative estimate of drug-likeness (QED) is 0.130. The SMILES string of the molecule is C=C(C)C(=O)OC(COCCC[Si](C)(O[Si](C)(C)C)O[Si](C)(C)C)COC(=O)CCC. The minimum atomic E-state index is -2.30. The highest BCUT2D eigenvalue weighted by Gasteiger charge is 2.39. The summed E-state index contributed by atoms with van der Waals surface area (Å²) in [6.45, 7) is 22.9. The van der Waals surface area contributed by atoms with Crippen LogP contribution in [0.15, 0.2) is 12.2 Å². The zero-order valence-corrected chi connectivity index (χ0v) is 24.1. The van der Waals surface area contributed by atoms with Gasteiger partial charge in [0.2, 0.25) is 0 Å². The average molecular weight is 493 g/mol. The molecule has 0 fully saturated rings. The normalized spacial score (nSPS) is 13.6. The lowest BCUT2D eigenvalue weighted by Gasteiger charge is -2.38. The summed E-state index contributed by atoms with van der Waals surface area (Å²) in [6, 6.07) is 0.837. The van der Waals surface area contributed by atoms with Crippen molar-refractivity contribution in [2.75, 3.05) is 19.8 Å². The maximum atomic E-state index is 11.9. The van der Waals surface area contributed by atoms with Crippen molar-refractivity contribution in [2.45, 2.75) is 91.1 Å². The molecule has 0 aromatic heterocycles. The molecule has 0 radical (unpaired) electrons. The second kappa shape index (κ2) is 13.7. The highest BCUT2D eigenvalue weighted by atomic mass is 28.5. The smallest absolute Gasteiger partial charge is 0.333 e. The van der Waals surface area contributed by atoms with Crippen LogP contribution in [0, 0.1) is 0 Å². The van der Waals surface area contributed by atoms with E-state index >= 15 is 0 Å². The Balaban J connectivity index is 4.73. The zero-order chi connectivity index (χ0) is 24.3. The molecule has 0 amide bonds. The first-order valence-corrected chi connectivity index (χ1v) is 20.4.